The number of amides is 1. The molecule has 0 unspecified atom stereocenters. The van der Waals surface area contributed by atoms with Crippen LogP contribution in [0.2, 0.25) is 0 Å². The fourth-order valence-electron chi connectivity index (χ4n) is 1.75. The predicted molar refractivity (Wildman–Crippen MR) is 78.1 cm³/mol. The van der Waals surface area contributed by atoms with E-state index in [2.05, 4.69) is 32.7 Å². The first-order valence-corrected chi connectivity index (χ1v) is 6.96. The van der Waals surface area contributed by atoms with Gasteiger partial charge in [0.05, 0.1) is 0 Å². The van der Waals surface area contributed by atoms with E-state index in [0.717, 1.165) is 13.0 Å². The highest BCUT2D eigenvalue weighted by Crippen LogP contribution is 2.06. The number of anilines is 1. The molecule has 0 aliphatic rings. The molecule has 0 aromatic carbocycles. The van der Waals surface area contributed by atoms with Crippen molar-refractivity contribution < 1.29 is 9.32 Å². The van der Waals surface area contributed by atoms with E-state index in [-0.39, 0.29) is 5.91 Å². The molecule has 0 saturated carbocycles. The van der Waals surface area contributed by atoms with Crippen molar-refractivity contribution in [1.82, 2.24) is 20.4 Å². The van der Waals surface area contributed by atoms with E-state index in [4.69, 9.17) is 4.52 Å². The number of pyridine rings is 1. The van der Waals surface area contributed by atoms with Gasteiger partial charge in [0.2, 0.25) is 5.89 Å². The lowest BCUT2D eigenvalue weighted by Gasteiger charge is -2.07. The van der Waals surface area contributed by atoms with Crippen molar-refractivity contribution >= 4 is 11.7 Å². The fraction of sp³-hybridized carbons (Fsp3) is 0.429. The highest BCUT2D eigenvalue weighted by atomic mass is 16.5. The number of hydrogen-bond donors (Lipinski definition) is 2. The number of hydrogen-bond acceptors (Lipinski definition) is 6. The van der Waals surface area contributed by atoms with Gasteiger partial charge in [-0.1, -0.05) is 12.1 Å². The molecule has 112 valence electrons. The quantitative estimate of drug-likeness (QED) is 0.803. The Morgan fingerprint density at radius 1 is 1.38 bits per heavy atom. The number of carbonyl (C=O) groups excluding carboxylic acids is 1. The second-order valence-corrected chi connectivity index (χ2v) is 4.59. The number of aromatic nitrogens is 3. The zero-order valence-electron chi connectivity index (χ0n) is 12.2. The average Bonchev–Trinajstić information content (AvgIpc) is 2.91. The molecule has 0 spiro atoms. The lowest BCUT2D eigenvalue weighted by Crippen LogP contribution is -2.26. The van der Waals surface area contributed by atoms with Crippen molar-refractivity contribution in [2.45, 2.75) is 26.7 Å². The van der Waals surface area contributed by atoms with Crippen molar-refractivity contribution in [1.29, 1.82) is 0 Å². The van der Waals surface area contributed by atoms with Gasteiger partial charge in [0.1, 0.15) is 5.82 Å². The number of nitrogens with one attached hydrogen (secondary N) is 2. The van der Waals surface area contributed by atoms with E-state index in [0.29, 0.717) is 36.1 Å². The number of aryl methyl sites for hydroxylation is 1. The highest BCUT2D eigenvalue weighted by molar-refractivity contribution is 5.94. The third-order valence-electron chi connectivity index (χ3n) is 2.78. The van der Waals surface area contributed by atoms with Crippen LogP contribution in [-0.4, -0.2) is 34.1 Å². The Bertz CT molecular complexity index is 597. The van der Waals surface area contributed by atoms with Crippen LogP contribution in [-0.2, 0) is 6.42 Å². The number of nitrogens with zero attached hydrogens (tertiary/aromatic N) is 3. The molecule has 2 aromatic rings. The Morgan fingerprint density at radius 2 is 2.24 bits per heavy atom. The average molecular weight is 289 g/mol. The second-order valence-electron chi connectivity index (χ2n) is 4.59. The summed E-state index contributed by atoms with van der Waals surface area (Å²) in [5.74, 6) is 1.68. The van der Waals surface area contributed by atoms with Gasteiger partial charge in [0.15, 0.2) is 5.82 Å². The normalized spacial score (nSPS) is 10.4. The van der Waals surface area contributed by atoms with E-state index in [1.54, 1.807) is 25.3 Å². The van der Waals surface area contributed by atoms with E-state index in [9.17, 15) is 4.79 Å². The first kappa shape index (κ1) is 15.0. The summed E-state index contributed by atoms with van der Waals surface area (Å²) in [5, 5.41) is 9.75. The molecule has 0 fully saturated rings. The first-order valence-electron chi connectivity index (χ1n) is 6.96. The van der Waals surface area contributed by atoms with Crippen molar-refractivity contribution in [3.8, 4) is 0 Å². The SMILES string of the molecule is CCCNc1cc(C(=O)NCCc2noc(C)n2)ccn1. The van der Waals surface area contributed by atoms with Crippen LogP contribution in [0.5, 0.6) is 0 Å². The first-order chi connectivity index (χ1) is 10.2. The largest absolute Gasteiger partial charge is 0.370 e. The molecule has 0 aliphatic heterocycles. The highest BCUT2D eigenvalue weighted by Gasteiger charge is 2.08. The predicted octanol–water partition coefficient (Wildman–Crippen LogP) is 1.57. The summed E-state index contributed by atoms with van der Waals surface area (Å²) < 4.78 is 4.87. The van der Waals surface area contributed by atoms with E-state index in [1.165, 1.54) is 0 Å². The second kappa shape index (κ2) is 7.37. The summed E-state index contributed by atoms with van der Waals surface area (Å²) >= 11 is 0. The number of rotatable bonds is 7. The molecule has 7 heteroatoms. The molecule has 2 rings (SSSR count). The Morgan fingerprint density at radius 3 is 2.95 bits per heavy atom. The molecular formula is C14H19N5O2. The third kappa shape index (κ3) is 4.55. The zero-order valence-corrected chi connectivity index (χ0v) is 12.2. The summed E-state index contributed by atoms with van der Waals surface area (Å²) in [5.41, 5.74) is 0.577. The van der Waals surface area contributed by atoms with Gasteiger partial charge >= 0.3 is 0 Å². The van der Waals surface area contributed by atoms with Crippen LogP contribution in [0.3, 0.4) is 0 Å². The summed E-state index contributed by atoms with van der Waals surface area (Å²) in [6, 6.07) is 3.43. The van der Waals surface area contributed by atoms with Crippen molar-refractivity contribution in [3.05, 3.63) is 35.6 Å². The van der Waals surface area contributed by atoms with Crippen molar-refractivity contribution in [3.63, 3.8) is 0 Å². The third-order valence-corrected chi connectivity index (χ3v) is 2.78. The van der Waals surface area contributed by atoms with Gasteiger partial charge in [-0.3, -0.25) is 4.79 Å². The van der Waals surface area contributed by atoms with Crippen molar-refractivity contribution in [2.24, 2.45) is 0 Å². The summed E-state index contributed by atoms with van der Waals surface area (Å²) in [6.07, 6.45) is 3.16. The lowest BCUT2D eigenvalue weighted by atomic mass is 10.2. The molecule has 21 heavy (non-hydrogen) atoms. The van der Waals surface area contributed by atoms with Gasteiger partial charge in [-0.15, -0.1) is 0 Å². The Hall–Kier alpha value is -2.44. The minimum absolute atomic E-state index is 0.142. The smallest absolute Gasteiger partial charge is 0.251 e. The Kier molecular flexibility index (Phi) is 5.25. The molecule has 2 N–H and O–H groups in total. The molecule has 2 aromatic heterocycles. The molecule has 2 heterocycles. The van der Waals surface area contributed by atoms with Crippen LogP contribution in [0.25, 0.3) is 0 Å². The number of carbonyl (C=O) groups is 1. The molecule has 0 bridgehead atoms. The van der Waals surface area contributed by atoms with E-state index >= 15 is 0 Å². The summed E-state index contributed by atoms with van der Waals surface area (Å²) in [7, 11) is 0. The molecule has 7 nitrogen and oxygen atoms in total. The maximum Gasteiger partial charge on any atom is 0.251 e. The van der Waals surface area contributed by atoms with E-state index < -0.39 is 0 Å². The van der Waals surface area contributed by atoms with Gasteiger partial charge in [-0.05, 0) is 18.6 Å². The van der Waals surface area contributed by atoms with Gasteiger partial charge in [-0.25, -0.2) is 4.98 Å². The standard InChI is InChI=1S/C14H19N5O2/c1-3-6-15-13-9-11(4-7-16-13)14(20)17-8-5-12-18-10(2)21-19-12/h4,7,9H,3,5-6,8H2,1-2H3,(H,15,16)(H,17,20). The van der Waals surface area contributed by atoms with E-state index in [1.807, 2.05) is 0 Å². The summed E-state index contributed by atoms with van der Waals surface area (Å²) in [4.78, 5) is 20.3. The molecule has 0 atom stereocenters. The fourth-order valence-corrected chi connectivity index (χ4v) is 1.75. The minimum atomic E-state index is -0.142. The molecule has 0 radical (unpaired) electrons. The monoisotopic (exact) mass is 289 g/mol. The van der Waals surface area contributed by atoms with Crippen LogP contribution in [0.4, 0.5) is 5.82 Å². The van der Waals surface area contributed by atoms with Gasteiger partial charge < -0.3 is 15.2 Å². The topological polar surface area (TPSA) is 92.9 Å². The summed E-state index contributed by atoms with van der Waals surface area (Å²) in [6.45, 7) is 5.09. The minimum Gasteiger partial charge on any atom is -0.370 e. The van der Waals surface area contributed by atoms with Gasteiger partial charge in [-0.2, -0.15) is 4.98 Å². The van der Waals surface area contributed by atoms with Crippen LogP contribution in [0.1, 0.15) is 35.4 Å². The van der Waals surface area contributed by atoms with Gasteiger partial charge in [0.25, 0.3) is 5.91 Å². The van der Waals surface area contributed by atoms with Crippen molar-refractivity contribution in [2.75, 3.05) is 18.4 Å². The van der Waals surface area contributed by atoms with Crippen LogP contribution < -0.4 is 10.6 Å². The maximum atomic E-state index is 12.0. The van der Waals surface area contributed by atoms with Gasteiger partial charge in [0, 0.05) is 38.2 Å². The Balaban J connectivity index is 1.85. The molecule has 0 aliphatic carbocycles. The van der Waals surface area contributed by atoms with Crippen LogP contribution in [0.15, 0.2) is 22.9 Å². The lowest BCUT2D eigenvalue weighted by molar-refractivity contribution is 0.0954. The maximum absolute atomic E-state index is 12.0. The molecular weight excluding hydrogens is 270 g/mol. The molecule has 0 saturated heterocycles. The Labute approximate surface area is 123 Å². The zero-order chi connectivity index (χ0) is 15.1. The van der Waals surface area contributed by atoms with Crippen LogP contribution >= 0.6 is 0 Å². The van der Waals surface area contributed by atoms with Crippen LogP contribution in [0, 0.1) is 6.92 Å². The molecule has 1 amide bonds.